The molecule has 1 fully saturated rings. The Bertz CT molecular complexity index is 610. The zero-order valence-electron chi connectivity index (χ0n) is 13.0. The van der Waals surface area contributed by atoms with Gasteiger partial charge in [0.25, 0.3) is 0 Å². The SMILES string of the molecule is CON(C)c1ccc2c(NCCN3CCOCC3)noc2c1. The number of hydrogen-bond donors (Lipinski definition) is 1. The normalized spacial score (nSPS) is 16.1. The zero-order valence-corrected chi connectivity index (χ0v) is 13.0. The molecular weight excluding hydrogens is 284 g/mol. The molecule has 7 nitrogen and oxygen atoms in total. The Morgan fingerprint density at radius 2 is 2.18 bits per heavy atom. The lowest BCUT2D eigenvalue weighted by molar-refractivity contribution is 0.0398. The van der Waals surface area contributed by atoms with Crippen LogP contribution in [0.3, 0.4) is 0 Å². The molecule has 0 unspecified atom stereocenters. The van der Waals surface area contributed by atoms with Crippen LogP contribution in [-0.2, 0) is 9.57 Å². The molecule has 1 aromatic heterocycles. The Kier molecular flexibility index (Phi) is 4.77. The predicted octanol–water partition coefficient (Wildman–Crippen LogP) is 1.57. The lowest BCUT2D eigenvalue weighted by Crippen LogP contribution is -2.39. The highest BCUT2D eigenvalue weighted by Crippen LogP contribution is 2.26. The third-order valence-electron chi connectivity index (χ3n) is 3.92. The van der Waals surface area contributed by atoms with Crippen LogP contribution in [0.5, 0.6) is 0 Å². The van der Waals surface area contributed by atoms with E-state index in [1.165, 1.54) is 0 Å². The number of nitrogens with zero attached hydrogens (tertiary/aromatic N) is 3. The van der Waals surface area contributed by atoms with Crippen molar-refractivity contribution in [3.8, 4) is 0 Å². The van der Waals surface area contributed by atoms with Crippen molar-refractivity contribution in [2.24, 2.45) is 0 Å². The second-order valence-corrected chi connectivity index (χ2v) is 5.27. The third kappa shape index (κ3) is 3.32. The number of aromatic nitrogens is 1. The quantitative estimate of drug-likeness (QED) is 0.813. The van der Waals surface area contributed by atoms with E-state index >= 15 is 0 Å². The molecule has 2 aromatic rings. The number of nitrogens with one attached hydrogen (secondary N) is 1. The molecule has 2 heterocycles. The molecule has 0 atom stereocenters. The first-order chi connectivity index (χ1) is 10.8. The molecule has 120 valence electrons. The summed E-state index contributed by atoms with van der Waals surface area (Å²) in [5, 5.41) is 10.1. The monoisotopic (exact) mass is 306 g/mol. The van der Waals surface area contributed by atoms with Gasteiger partial charge in [0.1, 0.15) is 0 Å². The number of anilines is 2. The molecule has 7 heteroatoms. The fourth-order valence-electron chi connectivity index (χ4n) is 2.51. The fourth-order valence-corrected chi connectivity index (χ4v) is 2.51. The predicted molar refractivity (Wildman–Crippen MR) is 85.2 cm³/mol. The second-order valence-electron chi connectivity index (χ2n) is 5.27. The Balaban J connectivity index is 1.61. The van der Waals surface area contributed by atoms with E-state index in [9.17, 15) is 0 Å². The standard InChI is InChI=1S/C15H22N4O3/c1-18(20-2)12-3-4-13-14(11-12)22-17-15(13)16-5-6-19-7-9-21-10-8-19/h3-4,11H,5-10H2,1-2H3,(H,16,17). The van der Waals surface area contributed by atoms with Crippen molar-refractivity contribution in [2.45, 2.75) is 0 Å². The molecule has 3 rings (SSSR count). The number of hydrogen-bond acceptors (Lipinski definition) is 7. The zero-order chi connectivity index (χ0) is 15.4. The van der Waals surface area contributed by atoms with Crippen LogP contribution in [0, 0.1) is 0 Å². The van der Waals surface area contributed by atoms with Crippen molar-refractivity contribution in [3.63, 3.8) is 0 Å². The third-order valence-corrected chi connectivity index (χ3v) is 3.92. The minimum atomic E-state index is 0.746. The molecular formula is C15H22N4O3. The molecule has 22 heavy (non-hydrogen) atoms. The van der Waals surface area contributed by atoms with Gasteiger partial charge < -0.3 is 14.6 Å². The molecule has 0 saturated carbocycles. The summed E-state index contributed by atoms with van der Waals surface area (Å²) in [6, 6.07) is 5.89. The van der Waals surface area contributed by atoms with Crippen LogP contribution in [0.2, 0.25) is 0 Å². The Morgan fingerprint density at radius 3 is 2.95 bits per heavy atom. The average molecular weight is 306 g/mol. The first kappa shape index (κ1) is 15.1. The number of rotatable bonds is 6. The van der Waals surface area contributed by atoms with Gasteiger partial charge in [-0.05, 0) is 12.1 Å². The van der Waals surface area contributed by atoms with Crippen LogP contribution in [0.1, 0.15) is 0 Å². The number of hydroxylamine groups is 1. The summed E-state index contributed by atoms with van der Waals surface area (Å²) >= 11 is 0. The summed E-state index contributed by atoms with van der Waals surface area (Å²) < 4.78 is 10.7. The van der Waals surface area contributed by atoms with Crippen molar-refractivity contribution in [2.75, 3.05) is 63.9 Å². The Hall–Kier alpha value is -1.83. The number of morpholine rings is 1. The van der Waals surface area contributed by atoms with Crippen molar-refractivity contribution in [1.29, 1.82) is 0 Å². The van der Waals surface area contributed by atoms with E-state index in [0.717, 1.165) is 61.9 Å². The van der Waals surface area contributed by atoms with Gasteiger partial charge in [0.15, 0.2) is 11.4 Å². The maximum Gasteiger partial charge on any atom is 0.177 e. The van der Waals surface area contributed by atoms with E-state index in [1.807, 2.05) is 25.2 Å². The van der Waals surface area contributed by atoms with Crippen LogP contribution in [0.25, 0.3) is 11.0 Å². The molecule has 0 spiro atoms. The molecule has 0 amide bonds. The first-order valence-electron chi connectivity index (χ1n) is 7.49. The van der Waals surface area contributed by atoms with Gasteiger partial charge in [0.05, 0.1) is 31.4 Å². The van der Waals surface area contributed by atoms with E-state index in [4.69, 9.17) is 14.1 Å². The summed E-state index contributed by atoms with van der Waals surface area (Å²) in [5.74, 6) is 0.787. The minimum absolute atomic E-state index is 0.746. The van der Waals surface area contributed by atoms with Gasteiger partial charge in [0.2, 0.25) is 0 Å². The van der Waals surface area contributed by atoms with Gasteiger partial charge in [0, 0.05) is 39.3 Å². The van der Waals surface area contributed by atoms with Gasteiger partial charge in [-0.3, -0.25) is 14.8 Å². The summed E-state index contributed by atoms with van der Waals surface area (Å²) in [4.78, 5) is 7.54. The lowest BCUT2D eigenvalue weighted by Gasteiger charge is -2.26. The lowest BCUT2D eigenvalue weighted by atomic mass is 10.2. The smallest absolute Gasteiger partial charge is 0.177 e. The summed E-state index contributed by atoms with van der Waals surface area (Å²) in [6.07, 6.45) is 0. The molecule has 1 aromatic carbocycles. The fraction of sp³-hybridized carbons (Fsp3) is 0.533. The van der Waals surface area contributed by atoms with Crippen molar-refractivity contribution < 1.29 is 14.1 Å². The van der Waals surface area contributed by atoms with Crippen LogP contribution in [0.15, 0.2) is 22.7 Å². The maximum absolute atomic E-state index is 5.40. The van der Waals surface area contributed by atoms with Gasteiger partial charge in [-0.25, -0.2) is 0 Å². The summed E-state index contributed by atoms with van der Waals surface area (Å²) in [7, 11) is 3.47. The minimum Gasteiger partial charge on any atom is -0.379 e. The van der Waals surface area contributed by atoms with Gasteiger partial charge in [-0.15, -0.1) is 0 Å². The first-order valence-corrected chi connectivity index (χ1v) is 7.49. The Labute approximate surface area is 129 Å². The van der Waals surface area contributed by atoms with Crippen molar-refractivity contribution in [3.05, 3.63) is 18.2 Å². The van der Waals surface area contributed by atoms with E-state index in [0.29, 0.717) is 0 Å². The summed E-state index contributed by atoms with van der Waals surface area (Å²) in [5.41, 5.74) is 1.67. The molecule has 1 aliphatic heterocycles. The molecule has 1 aliphatic rings. The number of fused-ring (bicyclic) bond motifs is 1. The number of benzene rings is 1. The average Bonchev–Trinajstić information content (AvgIpc) is 2.97. The van der Waals surface area contributed by atoms with Gasteiger partial charge >= 0.3 is 0 Å². The second kappa shape index (κ2) is 6.95. The van der Waals surface area contributed by atoms with Crippen LogP contribution in [-0.4, -0.2) is 63.6 Å². The van der Waals surface area contributed by atoms with Crippen molar-refractivity contribution in [1.82, 2.24) is 10.1 Å². The van der Waals surface area contributed by atoms with E-state index in [1.54, 1.807) is 12.2 Å². The van der Waals surface area contributed by atoms with Crippen LogP contribution in [0.4, 0.5) is 11.5 Å². The van der Waals surface area contributed by atoms with E-state index in [2.05, 4.69) is 15.4 Å². The topological polar surface area (TPSA) is 63.0 Å². The van der Waals surface area contributed by atoms with Gasteiger partial charge in [-0.2, -0.15) is 0 Å². The highest BCUT2D eigenvalue weighted by Gasteiger charge is 2.12. The number of ether oxygens (including phenoxy) is 1. The largest absolute Gasteiger partial charge is 0.379 e. The van der Waals surface area contributed by atoms with Crippen LogP contribution >= 0.6 is 0 Å². The summed E-state index contributed by atoms with van der Waals surface area (Å²) in [6.45, 7) is 5.44. The highest BCUT2D eigenvalue weighted by atomic mass is 16.7. The van der Waals surface area contributed by atoms with E-state index in [-0.39, 0.29) is 0 Å². The Morgan fingerprint density at radius 1 is 1.36 bits per heavy atom. The maximum atomic E-state index is 5.40. The van der Waals surface area contributed by atoms with Crippen molar-refractivity contribution >= 4 is 22.5 Å². The molecule has 1 saturated heterocycles. The molecule has 1 N–H and O–H groups in total. The highest BCUT2D eigenvalue weighted by molar-refractivity contribution is 5.90. The van der Waals surface area contributed by atoms with Crippen LogP contribution < -0.4 is 10.4 Å². The van der Waals surface area contributed by atoms with Gasteiger partial charge in [-0.1, -0.05) is 5.16 Å². The molecule has 0 aliphatic carbocycles. The van der Waals surface area contributed by atoms with E-state index < -0.39 is 0 Å². The molecule has 0 bridgehead atoms. The molecule has 0 radical (unpaired) electrons.